The highest BCUT2D eigenvalue weighted by atomic mass is 79.9. The number of nitrogens with zero attached hydrogens (tertiary/aromatic N) is 1. The molecule has 0 atom stereocenters. The summed E-state index contributed by atoms with van der Waals surface area (Å²) in [5.74, 6) is 0.879. The van der Waals surface area contributed by atoms with Crippen molar-refractivity contribution in [3.05, 3.63) is 52.0 Å². The molecule has 0 fully saturated rings. The molecule has 0 radical (unpaired) electrons. The van der Waals surface area contributed by atoms with Gasteiger partial charge in [0, 0.05) is 0 Å². The Hall–Kier alpha value is -1.92. The van der Waals surface area contributed by atoms with Crippen LogP contribution >= 0.6 is 27.3 Å². The molecule has 1 heterocycles. The maximum atomic E-state index is 12.3. The van der Waals surface area contributed by atoms with Gasteiger partial charge in [-0.1, -0.05) is 50.7 Å². The van der Waals surface area contributed by atoms with Gasteiger partial charge in [-0.05, 0) is 70.1 Å². The van der Waals surface area contributed by atoms with Gasteiger partial charge in [0.15, 0.2) is 11.7 Å². The van der Waals surface area contributed by atoms with E-state index in [1.807, 2.05) is 24.3 Å². The number of thiazole rings is 1. The number of fused-ring (bicyclic) bond motifs is 1. The van der Waals surface area contributed by atoms with Gasteiger partial charge in [-0.15, -0.1) is 0 Å². The quantitative estimate of drug-likeness (QED) is 0.414. The lowest BCUT2D eigenvalue weighted by Gasteiger charge is -2.11. The SMILES string of the molecule is CCCCc1ccc2nc(NC(=O)COc3ccc(C(C)C)cc3Br)sc2c1. The topological polar surface area (TPSA) is 51.2 Å². The number of anilines is 1. The van der Waals surface area contributed by atoms with Crippen LogP contribution in [0.3, 0.4) is 0 Å². The Bertz CT molecular complexity index is 968. The fraction of sp³-hybridized carbons (Fsp3) is 0.364. The second-order valence-corrected chi connectivity index (χ2v) is 8.99. The van der Waals surface area contributed by atoms with Crippen molar-refractivity contribution < 1.29 is 9.53 Å². The average molecular weight is 461 g/mol. The van der Waals surface area contributed by atoms with Crippen LogP contribution < -0.4 is 10.1 Å². The Morgan fingerprint density at radius 2 is 2.07 bits per heavy atom. The highest BCUT2D eigenvalue weighted by Crippen LogP contribution is 2.29. The molecule has 0 spiro atoms. The number of hydrogen-bond donors (Lipinski definition) is 1. The van der Waals surface area contributed by atoms with E-state index in [0.717, 1.165) is 21.1 Å². The number of benzene rings is 2. The van der Waals surface area contributed by atoms with Crippen molar-refractivity contribution in [1.29, 1.82) is 0 Å². The number of rotatable bonds is 8. The molecule has 6 heteroatoms. The van der Waals surface area contributed by atoms with Gasteiger partial charge in [-0.3, -0.25) is 10.1 Å². The molecule has 0 saturated heterocycles. The van der Waals surface area contributed by atoms with Gasteiger partial charge in [0.05, 0.1) is 14.7 Å². The van der Waals surface area contributed by atoms with Gasteiger partial charge in [-0.2, -0.15) is 0 Å². The molecule has 0 bridgehead atoms. The van der Waals surface area contributed by atoms with Crippen molar-refractivity contribution in [3.8, 4) is 5.75 Å². The predicted molar refractivity (Wildman–Crippen MR) is 121 cm³/mol. The van der Waals surface area contributed by atoms with Gasteiger partial charge in [0.1, 0.15) is 5.75 Å². The highest BCUT2D eigenvalue weighted by molar-refractivity contribution is 9.10. The van der Waals surface area contributed by atoms with Crippen LogP contribution in [0.2, 0.25) is 0 Å². The minimum Gasteiger partial charge on any atom is -0.483 e. The van der Waals surface area contributed by atoms with Crippen LogP contribution in [-0.4, -0.2) is 17.5 Å². The maximum absolute atomic E-state index is 12.3. The van der Waals surface area contributed by atoms with Crippen LogP contribution in [0.1, 0.15) is 50.7 Å². The minimum absolute atomic E-state index is 0.0582. The zero-order valence-electron chi connectivity index (χ0n) is 16.4. The summed E-state index contributed by atoms with van der Waals surface area (Å²) >= 11 is 5.01. The fourth-order valence-electron chi connectivity index (χ4n) is 2.85. The summed E-state index contributed by atoms with van der Waals surface area (Å²) in [7, 11) is 0. The molecule has 3 rings (SSSR count). The fourth-order valence-corrected chi connectivity index (χ4v) is 4.31. The molecule has 4 nitrogen and oxygen atoms in total. The summed E-state index contributed by atoms with van der Waals surface area (Å²) < 4.78 is 7.61. The molecule has 0 saturated carbocycles. The monoisotopic (exact) mass is 460 g/mol. The van der Waals surface area contributed by atoms with Crippen molar-refractivity contribution >= 4 is 48.5 Å². The lowest BCUT2D eigenvalue weighted by atomic mass is 10.0. The molecular weight excluding hydrogens is 436 g/mol. The second-order valence-electron chi connectivity index (χ2n) is 7.11. The van der Waals surface area contributed by atoms with Crippen molar-refractivity contribution in [1.82, 2.24) is 4.98 Å². The molecular formula is C22H25BrN2O2S. The molecule has 0 aliphatic carbocycles. The number of amides is 1. The number of ether oxygens (including phenoxy) is 1. The number of aromatic nitrogens is 1. The summed E-state index contributed by atoms with van der Waals surface area (Å²) in [4.78, 5) is 16.8. The van der Waals surface area contributed by atoms with Gasteiger partial charge in [0.2, 0.25) is 0 Å². The zero-order valence-corrected chi connectivity index (χ0v) is 18.8. The van der Waals surface area contributed by atoms with Crippen molar-refractivity contribution in [2.75, 3.05) is 11.9 Å². The third kappa shape index (κ3) is 5.32. The molecule has 0 unspecified atom stereocenters. The zero-order chi connectivity index (χ0) is 20.1. The van der Waals surface area contributed by atoms with E-state index < -0.39 is 0 Å². The molecule has 1 aromatic heterocycles. The smallest absolute Gasteiger partial charge is 0.264 e. The van der Waals surface area contributed by atoms with Crippen molar-refractivity contribution in [2.45, 2.75) is 46.0 Å². The first-order valence-corrected chi connectivity index (χ1v) is 11.2. The summed E-state index contributed by atoms with van der Waals surface area (Å²) in [6, 6.07) is 12.2. The minimum atomic E-state index is -0.218. The Morgan fingerprint density at radius 3 is 2.79 bits per heavy atom. The summed E-state index contributed by atoms with van der Waals surface area (Å²) in [6.45, 7) is 6.41. The average Bonchev–Trinajstić information content (AvgIpc) is 3.06. The highest BCUT2D eigenvalue weighted by Gasteiger charge is 2.11. The largest absolute Gasteiger partial charge is 0.483 e. The first kappa shape index (κ1) is 20.8. The number of nitrogens with one attached hydrogen (secondary N) is 1. The van der Waals surface area contributed by atoms with Gasteiger partial charge < -0.3 is 4.74 Å². The maximum Gasteiger partial charge on any atom is 0.264 e. The number of halogens is 1. The van der Waals surface area contributed by atoms with Crippen LogP contribution in [0.4, 0.5) is 5.13 Å². The van der Waals surface area contributed by atoms with Crippen LogP contribution in [0.5, 0.6) is 5.75 Å². The lowest BCUT2D eigenvalue weighted by molar-refractivity contribution is -0.118. The normalized spacial score (nSPS) is 11.2. The number of hydrogen-bond acceptors (Lipinski definition) is 4. The Labute approximate surface area is 178 Å². The van der Waals surface area contributed by atoms with E-state index in [4.69, 9.17) is 4.74 Å². The van der Waals surface area contributed by atoms with E-state index in [1.54, 1.807) is 0 Å². The standard InChI is InChI=1S/C22H25BrN2O2S/c1-4-5-6-15-7-9-18-20(11-15)28-22(24-18)25-21(26)13-27-19-10-8-16(14(2)3)12-17(19)23/h7-12,14H,4-6,13H2,1-3H3,(H,24,25,26). The van der Waals surface area contributed by atoms with Crippen LogP contribution in [0.25, 0.3) is 10.2 Å². The third-order valence-electron chi connectivity index (χ3n) is 4.50. The van der Waals surface area contributed by atoms with E-state index in [2.05, 4.69) is 59.1 Å². The van der Waals surface area contributed by atoms with E-state index in [0.29, 0.717) is 16.8 Å². The first-order chi connectivity index (χ1) is 13.5. The van der Waals surface area contributed by atoms with E-state index in [1.165, 1.54) is 35.3 Å². The summed E-state index contributed by atoms with van der Waals surface area (Å²) in [5, 5.41) is 3.44. The van der Waals surface area contributed by atoms with Crippen LogP contribution in [-0.2, 0) is 11.2 Å². The molecule has 28 heavy (non-hydrogen) atoms. The number of carbonyl (C=O) groups is 1. The van der Waals surface area contributed by atoms with Gasteiger partial charge in [-0.25, -0.2) is 4.98 Å². The molecule has 1 amide bonds. The van der Waals surface area contributed by atoms with Gasteiger partial charge in [0.25, 0.3) is 5.91 Å². The molecule has 2 aromatic carbocycles. The Morgan fingerprint density at radius 1 is 1.25 bits per heavy atom. The number of carbonyl (C=O) groups excluding carboxylic acids is 1. The summed E-state index contributed by atoms with van der Waals surface area (Å²) in [6.07, 6.45) is 3.43. The first-order valence-electron chi connectivity index (χ1n) is 9.58. The summed E-state index contributed by atoms with van der Waals surface area (Å²) in [5.41, 5.74) is 3.44. The lowest BCUT2D eigenvalue weighted by Crippen LogP contribution is -2.20. The van der Waals surface area contributed by atoms with Gasteiger partial charge >= 0.3 is 0 Å². The van der Waals surface area contributed by atoms with Crippen molar-refractivity contribution in [3.63, 3.8) is 0 Å². The number of unbranched alkanes of at least 4 members (excludes halogenated alkanes) is 1. The van der Waals surface area contributed by atoms with E-state index in [-0.39, 0.29) is 12.5 Å². The molecule has 0 aliphatic rings. The second kappa shape index (κ2) is 9.52. The van der Waals surface area contributed by atoms with Crippen molar-refractivity contribution in [2.24, 2.45) is 0 Å². The number of aryl methyl sites for hydroxylation is 1. The van der Waals surface area contributed by atoms with E-state index >= 15 is 0 Å². The Kier molecular flexibility index (Phi) is 7.08. The van der Waals surface area contributed by atoms with Crippen LogP contribution in [0, 0.1) is 0 Å². The molecule has 3 aromatic rings. The predicted octanol–water partition coefficient (Wildman–Crippen LogP) is 6.54. The molecule has 148 valence electrons. The van der Waals surface area contributed by atoms with Crippen LogP contribution in [0.15, 0.2) is 40.9 Å². The molecule has 1 N–H and O–H groups in total. The molecule has 0 aliphatic heterocycles. The third-order valence-corrected chi connectivity index (χ3v) is 6.05. The van der Waals surface area contributed by atoms with E-state index in [9.17, 15) is 4.79 Å². The Balaban J connectivity index is 1.60.